The lowest BCUT2D eigenvalue weighted by Crippen LogP contribution is -2.39. The number of carbonyl (C=O) groups excluding carboxylic acids is 1. The molecule has 0 aliphatic carbocycles. The van der Waals surface area contributed by atoms with Crippen LogP contribution >= 0.6 is 0 Å². The summed E-state index contributed by atoms with van der Waals surface area (Å²) in [5.74, 6) is -0.727. The van der Waals surface area contributed by atoms with E-state index in [1.807, 2.05) is 4.90 Å². The number of likely N-dealkylation sites (N-methyl/N-ethyl adjacent to an activating group) is 1. The molecule has 2 fully saturated rings. The van der Waals surface area contributed by atoms with Crippen molar-refractivity contribution in [1.82, 2.24) is 14.8 Å². The van der Waals surface area contributed by atoms with Gasteiger partial charge in [0.25, 0.3) is 5.91 Å². The van der Waals surface area contributed by atoms with Gasteiger partial charge >= 0.3 is 0 Å². The molecule has 1 aromatic heterocycles. The average molecular weight is 249 g/mol. The van der Waals surface area contributed by atoms with E-state index < -0.39 is 5.82 Å². The summed E-state index contributed by atoms with van der Waals surface area (Å²) in [6, 6.07) is 2.15. The first-order valence-corrected chi connectivity index (χ1v) is 6.29. The van der Waals surface area contributed by atoms with E-state index in [0.717, 1.165) is 32.1 Å². The summed E-state index contributed by atoms with van der Waals surface area (Å²) in [6.07, 6.45) is 4.53. The monoisotopic (exact) mass is 249 g/mol. The van der Waals surface area contributed by atoms with Gasteiger partial charge in [0.2, 0.25) is 0 Å². The number of rotatable bonds is 1. The van der Waals surface area contributed by atoms with Gasteiger partial charge in [-0.05, 0) is 26.0 Å². The lowest BCUT2D eigenvalue weighted by atomic mass is 10.1. The number of amides is 1. The SMILES string of the molecule is CN1CC[C@@H]2[C@@H]1CCN2C(=O)c1ccncc1F. The largest absolute Gasteiger partial charge is 0.334 e. The van der Waals surface area contributed by atoms with Gasteiger partial charge in [-0.25, -0.2) is 4.39 Å². The molecule has 4 nitrogen and oxygen atoms in total. The molecule has 96 valence electrons. The third-order valence-corrected chi connectivity index (χ3v) is 4.12. The molecule has 2 saturated heterocycles. The van der Waals surface area contributed by atoms with Crippen molar-refractivity contribution in [1.29, 1.82) is 0 Å². The van der Waals surface area contributed by atoms with Gasteiger partial charge in [-0.15, -0.1) is 0 Å². The highest BCUT2D eigenvalue weighted by molar-refractivity contribution is 5.94. The van der Waals surface area contributed by atoms with Crippen LogP contribution in [0.1, 0.15) is 23.2 Å². The maximum atomic E-state index is 13.6. The Morgan fingerprint density at radius 3 is 2.94 bits per heavy atom. The zero-order valence-corrected chi connectivity index (χ0v) is 10.3. The number of likely N-dealkylation sites (tertiary alicyclic amines) is 2. The summed E-state index contributed by atoms with van der Waals surface area (Å²) >= 11 is 0. The van der Waals surface area contributed by atoms with E-state index in [0.29, 0.717) is 6.04 Å². The molecule has 2 aliphatic heterocycles. The van der Waals surface area contributed by atoms with Crippen LogP contribution in [0.2, 0.25) is 0 Å². The number of hydrogen-bond acceptors (Lipinski definition) is 3. The lowest BCUT2D eigenvalue weighted by molar-refractivity contribution is 0.0728. The van der Waals surface area contributed by atoms with Gasteiger partial charge in [-0.1, -0.05) is 0 Å². The molecule has 18 heavy (non-hydrogen) atoms. The van der Waals surface area contributed by atoms with E-state index >= 15 is 0 Å². The quantitative estimate of drug-likeness (QED) is 0.749. The zero-order valence-electron chi connectivity index (χ0n) is 10.3. The van der Waals surface area contributed by atoms with E-state index in [9.17, 15) is 9.18 Å². The minimum atomic E-state index is -0.530. The van der Waals surface area contributed by atoms with Crippen LogP contribution in [0.4, 0.5) is 4.39 Å². The molecule has 0 radical (unpaired) electrons. The molecule has 0 saturated carbocycles. The second-order valence-corrected chi connectivity index (χ2v) is 5.05. The van der Waals surface area contributed by atoms with Crippen LogP contribution in [0, 0.1) is 5.82 Å². The molecule has 0 N–H and O–H groups in total. The third kappa shape index (κ3) is 1.70. The molecule has 1 aromatic rings. The molecular weight excluding hydrogens is 233 g/mol. The van der Waals surface area contributed by atoms with Crippen molar-refractivity contribution in [2.45, 2.75) is 24.9 Å². The summed E-state index contributed by atoms with van der Waals surface area (Å²) in [7, 11) is 2.09. The van der Waals surface area contributed by atoms with Gasteiger partial charge in [0.1, 0.15) is 0 Å². The molecule has 3 heterocycles. The molecule has 2 aliphatic rings. The number of aromatic nitrogens is 1. The molecular formula is C13H16FN3O. The molecule has 2 atom stereocenters. The summed E-state index contributed by atoms with van der Waals surface area (Å²) in [4.78, 5) is 20.2. The van der Waals surface area contributed by atoms with Crippen molar-refractivity contribution in [3.05, 3.63) is 29.8 Å². The maximum absolute atomic E-state index is 13.6. The van der Waals surface area contributed by atoms with E-state index in [1.54, 1.807) is 0 Å². The fourth-order valence-electron chi connectivity index (χ4n) is 3.16. The van der Waals surface area contributed by atoms with E-state index in [4.69, 9.17) is 0 Å². The van der Waals surface area contributed by atoms with Crippen LogP contribution in [0.25, 0.3) is 0 Å². The first-order chi connectivity index (χ1) is 8.68. The molecule has 3 rings (SSSR count). The van der Waals surface area contributed by atoms with Gasteiger partial charge in [0.05, 0.1) is 11.8 Å². The third-order valence-electron chi connectivity index (χ3n) is 4.12. The number of halogens is 1. The van der Waals surface area contributed by atoms with Gasteiger partial charge < -0.3 is 9.80 Å². The lowest BCUT2D eigenvalue weighted by Gasteiger charge is -2.24. The van der Waals surface area contributed by atoms with Crippen LogP contribution in [0.5, 0.6) is 0 Å². The maximum Gasteiger partial charge on any atom is 0.257 e. The second-order valence-electron chi connectivity index (χ2n) is 5.05. The van der Waals surface area contributed by atoms with Crippen LogP contribution in [-0.2, 0) is 0 Å². The highest BCUT2D eigenvalue weighted by Gasteiger charge is 2.43. The Hall–Kier alpha value is -1.49. The highest BCUT2D eigenvalue weighted by Crippen LogP contribution is 2.31. The van der Waals surface area contributed by atoms with E-state index in [1.165, 1.54) is 12.3 Å². The minimum Gasteiger partial charge on any atom is -0.334 e. The fourth-order valence-corrected chi connectivity index (χ4v) is 3.16. The van der Waals surface area contributed by atoms with Crippen molar-refractivity contribution >= 4 is 5.91 Å². The second kappa shape index (κ2) is 4.31. The topological polar surface area (TPSA) is 36.4 Å². The summed E-state index contributed by atoms with van der Waals surface area (Å²) in [5, 5.41) is 0. The van der Waals surface area contributed by atoms with Crippen molar-refractivity contribution in [3.8, 4) is 0 Å². The number of nitrogens with zero attached hydrogens (tertiary/aromatic N) is 3. The van der Waals surface area contributed by atoms with Crippen LogP contribution in [0.3, 0.4) is 0 Å². The van der Waals surface area contributed by atoms with Crippen molar-refractivity contribution in [2.75, 3.05) is 20.1 Å². The number of pyridine rings is 1. The van der Waals surface area contributed by atoms with Gasteiger partial charge in [0.15, 0.2) is 5.82 Å². The van der Waals surface area contributed by atoms with Gasteiger partial charge in [-0.2, -0.15) is 0 Å². The average Bonchev–Trinajstić information content (AvgIpc) is 2.93. The van der Waals surface area contributed by atoms with Crippen LogP contribution < -0.4 is 0 Å². The summed E-state index contributed by atoms with van der Waals surface area (Å²) in [5.41, 5.74) is 0.139. The fraction of sp³-hybridized carbons (Fsp3) is 0.538. The van der Waals surface area contributed by atoms with Crippen LogP contribution in [0.15, 0.2) is 18.5 Å². The smallest absolute Gasteiger partial charge is 0.257 e. The Morgan fingerprint density at radius 1 is 1.39 bits per heavy atom. The molecule has 5 heteroatoms. The predicted octanol–water partition coefficient (Wildman–Crippen LogP) is 1.14. The normalized spacial score (nSPS) is 27.6. The first kappa shape index (κ1) is 11.6. The standard InChI is InChI=1S/C13H16FN3O/c1-16-6-3-12-11(16)4-7-17(12)13(18)9-2-5-15-8-10(9)14/h2,5,8,11-12H,3-4,6-7H2,1H3/t11-,12+/m0/s1. The van der Waals surface area contributed by atoms with Gasteiger partial charge in [0, 0.05) is 31.4 Å². The predicted molar refractivity (Wildman–Crippen MR) is 64.7 cm³/mol. The molecule has 0 spiro atoms. The molecule has 1 amide bonds. The van der Waals surface area contributed by atoms with E-state index in [2.05, 4.69) is 16.9 Å². The van der Waals surface area contributed by atoms with Crippen molar-refractivity contribution in [2.24, 2.45) is 0 Å². The number of fused-ring (bicyclic) bond motifs is 1. The molecule has 0 bridgehead atoms. The van der Waals surface area contributed by atoms with E-state index in [-0.39, 0.29) is 17.5 Å². The Bertz CT molecular complexity index is 479. The summed E-state index contributed by atoms with van der Waals surface area (Å²) < 4.78 is 13.6. The molecule has 0 aromatic carbocycles. The van der Waals surface area contributed by atoms with Crippen molar-refractivity contribution < 1.29 is 9.18 Å². The Kier molecular flexibility index (Phi) is 2.78. The Labute approximate surface area is 105 Å². The zero-order chi connectivity index (χ0) is 12.7. The van der Waals surface area contributed by atoms with Crippen LogP contribution in [-0.4, -0.2) is 52.9 Å². The summed E-state index contributed by atoms with van der Waals surface area (Å²) in [6.45, 7) is 1.73. The Balaban J connectivity index is 1.84. The minimum absolute atomic E-state index is 0.139. The van der Waals surface area contributed by atoms with Crippen molar-refractivity contribution in [3.63, 3.8) is 0 Å². The molecule has 0 unspecified atom stereocenters. The Morgan fingerprint density at radius 2 is 2.17 bits per heavy atom. The number of hydrogen-bond donors (Lipinski definition) is 0. The van der Waals surface area contributed by atoms with Gasteiger partial charge in [-0.3, -0.25) is 9.78 Å². The highest BCUT2D eigenvalue weighted by atomic mass is 19.1. The first-order valence-electron chi connectivity index (χ1n) is 6.29. The number of carbonyl (C=O) groups is 1.